The van der Waals surface area contributed by atoms with Crippen LogP contribution < -0.4 is 5.73 Å². The molecule has 0 spiro atoms. The van der Waals surface area contributed by atoms with Gasteiger partial charge in [0.2, 0.25) is 0 Å². The molecule has 0 radical (unpaired) electrons. The summed E-state index contributed by atoms with van der Waals surface area (Å²) in [7, 11) is 0. The monoisotopic (exact) mass is 183 g/mol. The van der Waals surface area contributed by atoms with E-state index >= 15 is 0 Å². The van der Waals surface area contributed by atoms with E-state index in [0.29, 0.717) is 5.41 Å². The smallest absolute Gasteiger partial charge is 0.0208 e. The lowest BCUT2D eigenvalue weighted by molar-refractivity contribution is 0.0868. The van der Waals surface area contributed by atoms with E-state index in [9.17, 15) is 0 Å². The molecule has 13 heavy (non-hydrogen) atoms. The van der Waals surface area contributed by atoms with Crippen LogP contribution in [0.25, 0.3) is 0 Å². The maximum absolute atomic E-state index is 6.56. The lowest BCUT2D eigenvalue weighted by atomic mass is 9.62. The molecule has 1 rings (SSSR count). The Morgan fingerprint density at radius 1 is 1.08 bits per heavy atom. The summed E-state index contributed by atoms with van der Waals surface area (Å²) >= 11 is 0. The first kappa shape index (κ1) is 11.0. The predicted molar refractivity (Wildman–Crippen MR) is 58.7 cm³/mol. The molecule has 0 unspecified atom stereocenters. The summed E-state index contributed by atoms with van der Waals surface area (Å²) in [5.74, 6) is 0. The Kier molecular flexibility index (Phi) is 3.39. The first-order valence-corrected chi connectivity index (χ1v) is 5.87. The molecular weight excluding hydrogens is 158 g/mol. The van der Waals surface area contributed by atoms with Crippen LogP contribution in [0.3, 0.4) is 0 Å². The molecule has 0 heterocycles. The molecule has 1 saturated carbocycles. The quantitative estimate of drug-likeness (QED) is 0.712. The Morgan fingerprint density at radius 3 is 1.92 bits per heavy atom. The summed E-state index contributed by atoms with van der Waals surface area (Å²) in [6.45, 7) is 6.94. The van der Waals surface area contributed by atoms with E-state index in [1.807, 2.05) is 0 Å². The maximum atomic E-state index is 6.56. The first-order chi connectivity index (χ1) is 6.08. The molecule has 1 aliphatic rings. The van der Waals surface area contributed by atoms with Gasteiger partial charge in [0.05, 0.1) is 0 Å². The van der Waals surface area contributed by atoms with Gasteiger partial charge in [-0.3, -0.25) is 0 Å². The topological polar surface area (TPSA) is 26.0 Å². The molecular formula is C12H25N. The highest BCUT2D eigenvalue weighted by molar-refractivity contribution is 5.00. The molecule has 0 bridgehead atoms. The zero-order chi connectivity index (χ0) is 9.95. The van der Waals surface area contributed by atoms with Crippen molar-refractivity contribution >= 4 is 0 Å². The standard InChI is InChI=1S/C12H25N/c1-4-11(3,5-2)12(13)9-7-6-8-10-12/h4-10,13H2,1-3H3. The molecule has 1 heteroatoms. The van der Waals surface area contributed by atoms with Crippen molar-refractivity contribution in [2.75, 3.05) is 0 Å². The molecule has 0 amide bonds. The summed E-state index contributed by atoms with van der Waals surface area (Å²) < 4.78 is 0. The highest BCUT2D eigenvalue weighted by Gasteiger charge is 2.42. The highest BCUT2D eigenvalue weighted by Crippen LogP contribution is 2.44. The van der Waals surface area contributed by atoms with Gasteiger partial charge in [-0.05, 0) is 31.1 Å². The normalized spacial score (nSPS) is 23.1. The summed E-state index contributed by atoms with van der Waals surface area (Å²) in [6, 6.07) is 0. The lowest BCUT2D eigenvalue weighted by Gasteiger charge is -2.48. The second kappa shape index (κ2) is 4.00. The van der Waals surface area contributed by atoms with Gasteiger partial charge >= 0.3 is 0 Å². The molecule has 0 aromatic heterocycles. The molecule has 0 saturated heterocycles. The van der Waals surface area contributed by atoms with E-state index in [4.69, 9.17) is 5.73 Å². The number of hydrogen-bond acceptors (Lipinski definition) is 1. The van der Waals surface area contributed by atoms with Crippen molar-refractivity contribution in [2.45, 2.75) is 71.3 Å². The zero-order valence-corrected chi connectivity index (χ0v) is 9.53. The lowest BCUT2D eigenvalue weighted by Crippen LogP contribution is -2.54. The maximum Gasteiger partial charge on any atom is 0.0208 e. The molecule has 1 fully saturated rings. The van der Waals surface area contributed by atoms with Crippen LogP contribution in [-0.4, -0.2) is 5.54 Å². The third kappa shape index (κ3) is 1.90. The molecule has 0 aliphatic heterocycles. The van der Waals surface area contributed by atoms with Crippen molar-refractivity contribution in [1.29, 1.82) is 0 Å². The third-order valence-corrected chi connectivity index (χ3v) is 4.51. The van der Waals surface area contributed by atoms with E-state index in [1.54, 1.807) is 0 Å². The molecule has 0 atom stereocenters. The van der Waals surface area contributed by atoms with Crippen molar-refractivity contribution in [1.82, 2.24) is 0 Å². The summed E-state index contributed by atoms with van der Waals surface area (Å²) in [6.07, 6.45) is 9.00. The minimum Gasteiger partial charge on any atom is -0.325 e. The van der Waals surface area contributed by atoms with Gasteiger partial charge in [0.1, 0.15) is 0 Å². The van der Waals surface area contributed by atoms with Crippen molar-refractivity contribution in [3.05, 3.63) is 0 Å². The van der Waals surface area contributed by atoms with Gasteiger partial charge in [-0.15, -0.1) is 0 Å². The molecule has 78 valence electrons. The number of nitrogens with two attached hydrogens (primary N) is 1. The van der Waals surface area contributed by atoms with E-state index in [1.165, 1.54) is 44.9 Å². The van der Waals surface area contributed by atoms with Crippen LogP contribution in [0.4, 0.5) is 0 Å². The van der Waals surface area contributed by atoms with E-state index in [2.05, 4.69) is 20.8 Å². The van der Waals surface area contributed by atoms with E-state index in [-0.39, 0.29) is 5.54 Å². The van der Waals surface area contributed by atoms with Gasteiger partial charge < -0.3 is 5.73 Å². The van der Waals surface area contributed by atoms with Gasteiger partial charge in [0.25, 0.3) is 0 Å². The van der Waals surface area contributed by atoms with Crippen LogP contribution >= 0.6 is 0 Å². The predicted octanol–water partition coefficient (Wildman–Crippen LogP) is 3.47. The van der Waals surface area contributed by atoms with Crippen molar-refractivity contribution in [3.8, 4) is 0 Å². The Labute approximate surface area is 83.1 Å². The van der Waals surface area contributed by atoms with Crippen LogP contribution in [0.1, 0.15) is 65.7 Å². The molecule has 1 aliphatic carbocycles. The van der Waals surface area contributed by atoms with Crippen molar-refractivity contribution in [3.63, 3.8) is 0 Å². The van der Waals surface area contributed by atoms with Crippen LogP contribution in [-0.2, 0) is 0 Å². The molecule has 2 N–H and O–H groups in total. The third-order valence-electron chi connectivity index (χ3n) is 4.51. The van der Waals surface area contributed by atoms with Crippen molar-refractivity contribution < 1.29 is 0 Å². The fourth-order valence-corrected chi connectivity index (χ4v) is 2.74. The fourth-order valence-electron chi connectivity index (χ4n) is 2.74. The minimum atomic E-state index is 0.134. The van der Waals surface area contributed by atoms with Crippen LogP contribution in [0.5, 0.6) is 0 Å². The van der Waals surface area contributed by atoms with E-state index in [0.717, 1.165) is 0 Å². The van der Waals surface area contributed by atoms with Gasteiger partial charge in [0.15, 0.2) is 0 Å². The Balaban J connectivity index is 2.74. The van der Waals surface area contributed by atoms with Crippen LogP contribution in [0, 0.1) is 5.41 Å². The average molecular weight is 183 g/mol. The van der Waals surface area contributed by atoms with Gasteiger partial charge in [0, 0.05) is 5.54 Å². The number of rotatable bonds is 3. The van der Waals surface area contributed by atoms with Gasteiger partial charge in [-0.25, -0.2) is 0 Å². The highest BCUT2D eigenvalue weighted by atomic mass is 14.8. The largest absolute Gasteiger partial charge is 0.325 e. The van der Waals surface area contributed by atoms with E-state index < -0.39 is 0 Å². The zero-order valence-electron chi connectivity index (χ0n) is 9.53. The number of hydrogen-bond donors (Lipinski definition) is 1. The van der Waals surface area contributed by atoms with Crippen molar-refractivity contribution in [2.24, 2.45) is 11.1 Å². The van der Waals surface area contributed by atoms with Gasteiger partial charge in [-0.1, -0.05) is 40.0 Å². The first-order valence-electron chi connectivity index (χ1n) is 5.87. The fraction of sp³-hybridized carbons (Fsp3) is 1.00. The molecule has 0 aromatic carbocycles. The van der Waals surface area contributed by atoms with Crippen LogP contribution in [0.15, 0.2) is 0 Å². The summed E-state index contributed by atoms with van der Waals surface area (Å²) in [5, 5.41) is 0. The average Bonchev–Trinajstić information content (AvgIpc) is 2.17. The summed E-state index contributed by atoms with van der Waals surface area (Å²) in [4.78, 5) is 0. The van der Waals surface area contributed by atoms with Gasteiger partial charge in [-0.2, -0.15) is 0 Å². The SMILES string of the molecule is CCC(C)(CC)C1(N)CCCCC1. The Bertz CT molecular complexity index is 153. The summed E-state index contributed by atoms with van der Waals surface area (Å²) in [5.41, 5.74) is 7.06. The van der Waals surface area contributed by atoms with Crippen LogP contribution in [0.2, 0.25) is 0 Å². The minimum absolute atomic E-state index is 0.134. The second-order valence-electron chi connectivity index (χ2n) is 4.98. The Hall–Kier alpha value is -0.0400. The molecule has 0 aromatic rings. The Morgan fingerprint density at radius 2 is 1.54 bits per heavy atom. The second-order valence-corrected chi connectivity index (χ2v) is 4.98. The molecule has 1 nitrogen and oxygen atoms in total.